The van der Waals surface area contributed by atoms with Gasteiger partial charge in [0.05, 0.1) is 18.8 Å². The summed E-state index contributed by atoms with van der Waals surface area (Å²) in [5, 5.41) is 17.3. The highest BCUT2D eigenvalue weighted by molar-refractivity contribution is 5.46. The van der Waals surface area contributed by atoms with Gasteiger partial charge in [-0.15, -0.1) is 0 Å². The van der Waals surface area contributed by atoms with Gasteiger partial charge in [-0.1, -0.05) is 18.2 Å². The number of benzene rings is 1. The topological polar surface area (TPSA) is 53.3 Å². The Bertz CT molecular complexity index is 645. The fourth-order valence-corrected chi connectivity index (χ4v) is 3.53. The van der Waals surface area contributed by atoms with E-state index >= 15 is 0 Å². The van der Waals surface area contributed by atoms with E-state index in [0.717, 1.165) is 43.9 Å². The minimum absolute atomic E-state index is 0.132. The summed E-state index contributed by atoms with van der Waals surface area (Å²) < 4.78 is 1.91. The molecular formula is C19H28N4O. The summed E-state index contributed by atoms with van der Waals surface area (Å²) in [6, 6.07) is 11.2. The van der Waals surface area contributed by atoms with E-state index in [9.17, 15) is 0 Å². The Hall–Kier alpha value is -1.85. The zero-order valence-electron chi connectivity index (χ0n) is 14.7. The smallest absolute Gasteiger partial charge is 0.0644 e. The summed E-state index contributed by atoms with van der Waals surface area (Å²) in [6.07, 6.45) is 2.33. The molecule has 130 valence electrons. The first-order chi connectivity index (χ1) is 11.7. The van der Waals surface area contributed by atoms with E-state index in [1.807, 2.05) is 4.68 Å². The monoisotopic (exact) mass is 328 g/mol. The molecular weight excluding hydrogens is 300 g/mol. The van der Waals surface area contributed by atoms with Gasteiger partial charge in [-0.3, -0.25) is 4.68 Å². The van der Waals surface area contributed by atoms with Gasteiger partial charge < -0.3 is 15.3 Å². The highest BCUT2D eigenvalue weighted by Gasteiger charge is 2.20. The maximum absolute atomic E-state index is 9.12. The Labute approximate surface area is 144 Å². The zero-order chi connectivity index (χ0) is 16.9. The van der Waals surface area contributed by atoms with Gasteiger partial charge in [0.2, 0.25) is 0 Å². The van der Waals surface area contributed by atoms with Crippen molar-refractivity contribution in [1.82, 2.24) is 15.1 Å². The van der Waals surface area contributed by atoms with Crippen LogP contribution in [0.4, 0.5) is 5.69 Å². The van der Waals surface area contributed by atoms with E-state index in [1.165, 1.54) is 11.3 Å². The van der Waals surface area contributed by atoms with E-state index in [-0.39, 0.29) is 6.61 Å². The van der Waals surface area contributed by atoms with Crippen LogP contribution in [0.25, 0.3) is 0 Å². The van der Waals surface area contributed by atoms with Crippen LogP contribution in [0.3, 0.4) is 0 Å². The van der Waals surface area contributed by atoms with Gasteiger partial charge in [0, 0.05) is 42.6 Å². The molecule has 0 bridgehead atoms. The highest BCUT2D eigenvalue weighted by Crippen LogP contribution is 2.20. The lowest BCUT2D eigenvalue weighted by Crippen LogP contribution is -2.42. The Morgan fingerprint density at radius 3 is 2.54 bits per heavy atom. The Morgan fingerprint density at radius 1 is 1.17 bits per heavy atom. The van der Waals surface area contributed by atoms with Crippen molar-refractivity contribution in [3.05, 3.63) is 47.3 Å². The first-order valence-electron chi connectivity index (χ1n) is 8.86. The van der Waals surface area contributed by atoms with Crippen LogP contribution >= 0.6 is 0 Å². The van der Waals surface area contributed by atoms with Crippen molar-refractivity contribution in [3.8, 4) is 0 Å². The Morgan fingerprint density at radius 2 is 1.88 bits per heavy atom. The Balaban J connectivity index is 1.52. The molecule has 0 aliphatic carbocycles. The number of hydrogen-bond donors (Lipinski definition) is 2. The number of hydrogen-bond acceptors (Lipinski definition) is 4. The third kappa shape index (κ3) is 3.79. The van der Waals surface area contributed by atoms with E-state index in [2.05, 4.69) is 59.5 Å². The molecule has 3 rings (SSSR count). The number of aliphatic hydroxyl groups is 1. The molecule has 0 amide bonds. The highest BCUT2D eigenvalue weighted by atomic mass is 16.3. The van der Waals surface area contributed by atoms with Crippen LogP contribution in [0.15, 0.2) is 30.3 Å². The fourth-order valence-electron chi connectivity index (χ4n) is 3.53. The van der Waals surface area contributed by atoms with E-state index in [0.29, 0.717) is 12.6 Å². The minimum atomic E-state index is 0.132. The molecule has 2 N–H and O–H groups in total. The van der Waals surface area contributed by atoms with Gasteiger partial charge >= 0.3 is 0 Å². The van der Waals surface area contributed by atoms with Crippen molar-refractivity contribution < 1.29 is 5.11 Å². The number of nitrogens with zero attached hydrogens (tertiary/aromatic N) is 3. The number of anilines is 1. The summed E-state index contributed by atoms with van der Waals surface area (Å²) in [4.78, 5) is 2.47. The molecule has 0 saturated carbocycles. The molecule has 1 aliphatic rings. The summed E-state index contributed by atoms with van der Waals surface area (Å²) in [5.74, 6) is 0. The number of aryl methyl sites for hydroxylation is 1. The van der Waals surface area contributed by atoms with Crippen molar-refractivity contribution >= 4 is 5.69 Å². The number of nitrogens with one attached hydrogen (secondary N) is 1. The summed E-state index contributed by atoms with van der Waals surface area (Å²) in [7, 11) is 0. The van der Waals surface area contributed by atoms with Crippen molar-refractivity contribution in [2.45, 2.75) is 45.8 Å². The van der Waals surface area contributed by atoms with Crippen molar-refractivity contribution in [3.63, 3.8) is 0 Å². The second-order valence-electron chi connectivity index (χ2n) is 6.57. The van der Waals surface area contributed by atoms with Crippen LogP contribution in [-0.2, 0) is 13.1 Å². The first kappa shape index (κ1) is 17.0. The lowest BCUT2D eigenvalue weighted by atomic mass is 10.0. The summed E-state index contributed by atoms with van der Waals surface area (Å²) in [5.41, 5.74) is 4.83. The maximum atomic E-state index is 9.12. The molecule has 1 saturated heterocycles. The van der Waals surface area contributed by atoms with Gasteiger partial charge in [-0.25, -0.2) is 0 Å². The second kappa shape index (κ2) is 7.81. The standard InChI is InChI=1S/C19H28N4O/c1-15-19(16(2)23(21-15)12-13-24)14-20-17-8-10-22(11-9-17)18-6-4-3-5-7-18/h3-7,17,20,24H,8-14H2,1-2H3. The third-order valence-electron chi connectivity index (χ3n) is 5.03. The predicted molar refractivity (Wildman–Crippen MR) is 97.3 cm³/mol. The molecule has 1 aromatic heterocycles. The van der Waals surface area contributed by atoms with Crippen LogP contribution in [0.2, 0.25) is 0 Å². The number of aliphatic hydroxyl groups excluding tert-OH is 1. The SMILES string of the molecule is Cc1nn(CCO)c(C)c1CNC1CCN(c2ccccc2)CC1. The van der Waals surface area contributed by atoms with E-state index in [4.69, 9.17) is 5.11 Å². The van der Waals surface area contributed by atoms with Gasteiger partial charge in [0.25, 0.3) is 0 Å². The maximum Gasteiger partial charge on any atom is 0.0644 e. The number of piperidine rings is 1. The normalized spacial score (nSPS) is 15.9. The summed E-state index contributed by atoms with van der Waals surface area (Å²) >= 11 is 0. The molecule has 0 spiro atoms. The van der Waals surface area contributed by atoms with Crippen LogP contribution in [0.1, 0.15) is 29.8 Å². The average Bonchev–Trinajstić information content (AvgIpc) is 2.88. The molecule has 24 heavy (non-hydrogen) atoms. The molecule has 2 heterocycles. The van der Waals surface area contributed by atoms with Crippen LogP contribution in [-0.4, -0.2) is 40.6 Å². The predicted octanol–water partition coefficient (Wildman–Crippen LogP) is 2.25. The first-order valence-corrected chi connectivity index (χ1v) is 8.86. The Kier molecular flexibility index (Phi) is 5.53. The molecule has 0 radical (unpaired) electrons. The van der Waals surface area contributed by atoms with Crippen molar-refractivity contribution in [1.29, 1.82) is 0 Å². The summed E-state index contributed by atoms with van der Waals surface area (Å²) in [6.45, 7) is 7.90. The largest absolute Gasteiger partial charge is 0.394 e. The van der Waals surface area contributed by atoms with Crippen LogP contribution in [0.5, 0.6) is 0 Å². The molecule has 5 nitrogen and oxygen atoms in total. The molecule has 5 heteroatoms. The second-order valence-corrected chi connectivity index (χ2v) is 6.57. The van der Waals surface area contributed by atoms with Crippen molar-refractivity contribution in [2.75, 3.05) is 24.6 Å². The van der Waals surface area contributed by atoms with Gasteiger partial charge in [-0.2, -0.15) is 5.10 Å². The van der Waals surface area contributed by atoms with Gasteiger partial charge in [-0.05, 0) is 38.8 Å². The molecule has 1 fully saturated rings. The number of para-hydroxylation sites is 1. The van der Waals surface area contributed by atoms with Gasteiger partial charge in [0.15, 0.2) is 0 Å². The van der Waals surface area contributed by atoms with Crippen LogP contribution < -0.4 is 10.2 Å². The number of rotatable bonds is 6. The van der Waals surface area contributed by atoms with E-state index in [1.54, 1.807) is 0 Å². The zero-order valence-corrected chi connectivity index (χ0v) is 14.7. The van der Waals surface area contributed by atoms with Crippen molar-refractivity contribution in [2.24, 2.45) is 0 Å². The van der Waals surface area contributed by atoms with Gasteiger partial charge in [0.1, 0.15) is 0 Å². The minimum Gasteiger partial charge on any atom is -0.394 e. The third-order valence-corrected chi connectivity index (χ3v) is 5.03. The van der Waals surface area contributed by atoms with E-state index < -0.39 is 0 Å². The molecule has 0 unspecified atom stereocenters. The molecule has 1 aromatic carbocycles. The average molecular weight is 328 g/mol. The number of aromatic nitrogens is 2. The molecule has 2 aromatic rings. The quantitative estimate of drug-likeness (QED) is 0.854. The molecule has 0 atom stereocenters. The fraction of sp³-hybridized carbons (Fsp3) is 0.526. The lowest BCUT2D eigenvalue weighted by molar-refractivity contribution is 0.267. The lowest BCUT2D eigenvalue weighted by Gasteiger charge is -2.34. The molecule has 1 aliphatic heterocycles. The van der Waals surface area contributed by atoms with Crippen LogP contribution in [0, 0.1) is 13.8 Å².